The van der Waals surface area contributed by atoms with Crippen molar-refractivity contribution in [3.05, 3.63) is 29.3 Å². The van der Waals surface area contributed by atoms with Crippen molar-refractivity contribution >= 4 is 0 Å². The number of hydrogen-bond acceptors (Lipinski definition) is 3. The maximum atomic E-state index is 5.56. The molecule has 0 unspecified atom stereocenters. The molecule has 0 aliphatic heterocycles. The second kappa shape index (κ2) is 5.62. The van der Waals surface area contributed by atoms with Crippen molar-refractivity contribution in [2.75, 3.05) is 13.7 Å². The molecule has 3 heteroatoms. The fraction of sp³-hybridized carbons (Fsp3) is 0.455. The standard InChI is InChI=1S/C11H17NO2/c1-3-14-11-5-4-9(7-12)6-10(11)8-13-2/h4-6H,3,7-8,12H2,1-2H3. The fourth-order valence-electron chi connectivity index (χ4n) is 1.32. The summed E-state index contributed by atoms with van der Waals surface area (Å²) in [5.41, 5.74) is 7.71. The van der Waals surface area contributed by atoms with Crippen LogP contribution in [0.15, 0.2) is 18.2 Å². The van der Waals surface area contributed by atoms with E-state index in [0.717, 1.165) is 16.9 Å². The van der Waals surface area contributed by atoms with Gasteiger partial charge in [-0.3, -0.25) is 0 Å². The van der Waals surface area contributed by atoms with Gasteiger partial charge in [0.05, 0.1) is 13.2 Å². The van der Waals surface area contributed by atoms with Crippen LogP contribution in [0.4, 0.5) is 0 Å². The molecule has 0 amide bonds. The summed E-state index contributed by atoms with van der Waals surface area (Å²) in [6, 6.07) is 5.94. The number of hydrogen-bond donors (Lipinski definition) is 1. The van der Waals surface area contributed by atoms with E-state index >= 15 is 0 Å². The summed E-state index contributed by atoms with van der Waals surface area (Å²) in [4.78, 5) is 0. The minimum atomic E-state index is 0.545. The molecule has 0 aliphatic rings. The molecular formula is C11H17NO2. The Balaban J connectivity index is 2.91. The Labute approximate surface area is 84.8 Å². The van der Waals surface area contributed by atoms with Crippen LogP contribution in [0.5, 0.6) is 5.75 Å². The minimum absolute atomic E-state index is 0.545. The van der Waals surface area contributed by atoms with Gasteiger partial charge in [-0.05, 0) is 24.6 Å². The number of ether oxygens (including phenoxy) is 2. The third-order valence-electron chi connectivity index (χ3n) is 1.96. The first kappa shape index (κ1) is 11.0. The van der Waals surface area contributed by atoms with E-state index in [0.29, 0.717) is 19.8 Å². The zero-order chi connectivity index (χ0) is 10.4. The molecule has 3 nitrogen and oxygen atoms in total. The molecule has 1 aromatic rings. The van der Waals surface area contributed by atoms with Crippen LogP contribution in [-0.4, -0.2) is 13.7 Å². The minimum Gasteiger partial charge on any atom is -0.494 e. The number of benzene rings is 1. The van der Waals surface area contributed by atoms with Crippen LogP contribution in [0, 0.1) is 0 Å². The van der Waals surface area contributed by atoms with E-state index in [1.54, 1.807) is 7.11 Å². The molecule has 0 fully saturated rings. The van der Waals surface area contributed by atoms with E-state index in [9.17, 15) is 0 Å². The van der Waals surface area contributed by atoms with Gasteiger partial charge in [0.25, 0.3) is 0 Å². The number of methoxy groups -OCH3 is 1. The molecule has 2 N–H and O–H groups in total. The zero-order valence-electron chi connectivity index (χ0n) is 8.75. The van der Waals surface area contributed by atoms with Crippen molar-refractivity contribution in [1.29, 1.82) is 0 Å². The van der Waals surface area contributed by atoms with Crippen molar-refractivity contribution in [1.82, 2.24) is 0 Å². The van der Waals surface area contributed by atoms with Crippen molar-refractivity contribution in [3.8, 4) is 5.75 Å². The van der Waals surface area contributed by atoms with Gasteiger partial charge < -0.3 is 15.2 Å². The highest BCUT2D eigenvalue weighted by Crippen LogP contribution is 2.20. The Bertz CT molecular complexity index is 287. The molecule has 0 radical (unpaired) electrons. The van der Waals surface area contributed by atoms with E-state index < -0.39 is 0 Å². The van der Waals surface area contributed by atoms with Gasteiger partial charge in [0.1, 0.15) is 5.75 Å². The van der Waals surface area contributed by atoms with Crippen molar-refractivity contribution in [2.45, 2.75) is 20.1 Å². The number of nitrogens with two attached hydrogens (primary N) is 1. The molecule has 1 aromatic carbocycles. The smallest absolute Gasteiger partial charge is 0.124 e. The number of rotatable bonds is 5. The third kappa shape index (κ3) is 2.72. The quantitative estimate of drug-likeness (QED) is 0.777. The molecule has 0 spiro atoms. The van der Waals surface area contributed by atoms with Crippen LogP contribution in [0.1, 0.15) is 18.1 Å². The van der Waals surface area contributed by atoms with E-state index in [2.05, 4.69) is 0 Å². The summed E-state index contributed by atoms with van der Waals surface area (Å²) in [5.74, 6) is 0.881. The van der Waals surface area contributed by atoms with Crippen LogP contribution in [0.3, 0.4) is 0 Å². The van der Waals surface area contributed by atoms with Gasteiger partial charge in [0.15, 0.2) is 0 Å². The lowest BCUT2D eigenvalue weighted by Gasteiger charge is -2.10. The maximum absolute atomic E-state index is 5.56. The molecule has 0 saturated heterocycles. The molecule has 0 aliphatic carbocycles. The van der Waals surface area contributed by atoms with Crippen LogP contribution in [-0.2, 0) is 17.9 Å². The Kier molecular flexibility index (Phi) is 4.43. The first-order chi connectivity index (χ1) is 6.81. The molecule has 0 bridgehead atoms. The SMILES string of the molecule is CCOc1ccc(CN)cc1COC. The molecular weight excluding hydrogens is 178 g/mol. The normalized spacial score (nSPS) is 10.2. The summed E-state index contributed by atoms with van der Waals surface area (Å²) in [7, 11) is 1.67. The first-order valence-electron chi connectivity index (χ1n) is 4.75. The highest BCUT2D eigenvalue weighted by atomic mass is 16.5. The molecule has 0 atom stereocenters. The summed E-state index contributed by atoms with van der Waals surface area (Å²) >= 11 is 0. The van der Waals surface area contributed by atoms with Gasteiger partial charge in [-0.1, -0.05) is 6.07 Å². The van der Waals surface area contributed by atoms with E-state index in [-0.39, 0.29) is 0 Å². The lowest BCUT2D eigenvalue weighted by Crippen LogP contribution is -2.01. The molecule has 1 rings (SSSR count). The molecule has 14 heavy (non-hydrogen) atoms. The Hall–Kier alpha value is -1.06. The van der Waals surface area contributed by atoms with Crippen LogP contribution >= 0.6 is 0 Å². The summed E-state index contributed by atoms with van der Waals surface area (Å²) in [5, 5.41) is 0. The maximum Gasteiger partial charge on any atom is 0.124 e. The predicted octanol–water partition coefficient (Wildman–Crippen LogP) is 1.69. The molecule has 0 saturated carbocycles. The molecule has 0 heterocycles. The van der Waals surface area contributed by atoms with Gasteiger partial charge in [-0.2, -0.15) is 0 Å². The fourth-order valence-corrected chi connectivity index (χ4v) is 1.32. The molecule has 78 valence electrons. The highest BCUT2D eigenvalue weighted by molar-refractivity contribution is 5.36. The monoisotopic (exact) mass is 195 g/mol. The second-order valence-electron chi connectivity index (χ2n) is 3.01. The van der Waals surface area contributed by atoms with Crippen LogP contribution in [0.2, 0.25) is 0 Å². The van der Waals surface area contributed by atoms with Crippen LogP contribution < -0.4 is 10.5 Å². The Morgan fingerprint density at radius 3 is 2.71 bits per heavy atom. The van der Waals surface area contributed by atoms with Gasteiger partial charge in [-0.25, -0.2) is 0 Å². The lowest BCUT2D eigenvalue weighted by molar-refractivity contribution is 0.180. The van der Waals surface area contributed by atoms with Gasteiger partial charge in [-0.15, -0.1) is 0 Å². The topological polar surface area (TPSA) is 44.5 Å². The molecule has 0 aromatic heterocycles. The average molecular weight is 195 g/mol. The van der Waals surface area contributed by atoms with Crippen molar-refractivity contribution in [3.63, 3.8) is 0 Å². The third-order valence-corrected chi connectivity index (χ3v) is 1.96. The predicted molar refractivity (Wildman–Crippen MR) is 56.2 cm³/mol. The zero-order valence-corrected chi connectivity index (χ0v) is 8.75. The second-order valence-corrected chi connectivity index (χ2v) is 3.01. The Morgan fingerprint density at radius 1 is 1.36 bits per heavy atom. The highest BCUT2D eigenvalue weighted by Gasteiger charge is 2.03. The van der Waals surface area contributed by atoms with Crippen LogP contribution in [0.25, 0.3) is 0 Å². The van der Waals surface area contributed by atoms with E-state index in [4.69, 9.17) is 15.2 Å². The van der Waals surface area contributed by atoms with Gasteiger partial charge >= 0.3 is 0 Å². The Morgan fingerprint density at radius 2 is 2.14 bits per heavy atom. The lowest BCUT2D eigenvalue weighted by atomic mass is 10.1. The summed E-state index contributed by atoms with van der Waals surface area (Å²) in [6.07, 6.45) is 0. The first-order valence-corrected chi connectivity index (χ1v) is 4.75. The average Bonchev–Trinajstić information content (AvgIpc) is 2.21. The van der Waals surface area contributed by atoms with Crippen molar-refractivity contribution in [2.24, 2.45) is 5.73 Å². The summed E-state index contributed by atoms with van der Waals surface area (Å²) < 4.78 is 10.6. The largest absolute Gasteiger partial charge is 0.494 e. The van der Waals surface area contributed by atoms with E-state index in [1.165, 1.54) is 0 Å². The summed E-state index contributed by atoms with van der Waals surface area (Å²) in [6.45, 7) is 3.73. The van der Waals surface area contributed by atoms with E-state index in [1.807, 2.05) is 25.1 Å². The van der Waals surface area contributed by atoms with Gasteiger partial charge in [0, 0.05) is 19.2 Å². The van der Waals surface area contributed by atoms with Gasteiger partial charge in [0.2, 0.25) is 0 Å². The van der Waals surface area contributed by atoms with Crippen molar-refractivity contribution < 1.29 is 9.47 Å².